The van der Waals surface area contributed by atoms with Gasteiger partial charge in [-0.2, -0.15) is 5.10 Å². The lowest BCUT2D eigenvalue weighted by molar-refractivity contribution is 0.494. The van der Waals surface area contributed by atoms with Crippen molar-refractivity contribution in [1.29, 1.82) is 0 Å². The van der Waals surface area contributed by atoms with E-state index in [9.17, 15) is 0 Å². The third-order valence-electron chi connectivity index (χ3n) is 2.39. The lowest BCUT2D eigenvalue weighted by Gasteiger charge is -2.12. The van der Waals surface area contributed by atoms with Crippen molar-refractivity contribution in [3.63, 3.8) is 0 Å². The molecule has 4 nitrogen and oxygen atoms in total. The van der Waals surface area contributed by atoms with Crippen molar-refractivity contribution in [2.45, 2.75) is 25.9 Å². The van der Waals surface area contributed by atoms with Crippen LogP contribution in [0.4, 0.5) is 0 Å². The first-order valence-electron chi connectivity index (χ1n) is 5.43. The highest BCUT2D eigenvalue weighted by molar-refractivity contribution is 7.09. The summed E-state index contributed by atoms with van der Waals surface area (Å²) in [5.74, 6) is 0. The van der Waals surface area contributed by atoms with Gasteiger partial charge < -0.3 is 5.32 Å². The van der Waals surface area contributed by atoms with E-state index in [0.29, 0.717) is 6.04 Å². The van der Waals surface area contributed by atoms with E-state index in [2.05, 4.69) is 39.8 Å². The highest BCUT2D eigenvalue weighted by Gasteiger charge is 2.03. The largest absolute Gasteiger partial charge is 0.312 e. The normalized spacial score (nSPS) is 12.8. The van der Waals surface area contributed by atoms with Gasteiger partial charge in [0.25, 0.3) is 0 Å². The predicted octanol–water partition coefficient (Wildman–Crippen LogP) is 1.56. The molecule has 0 aromatic carbocycles. The number of rotatable bonds is 6. The average molecular weight is 236 g/mol. The van der Waals surface area contributed by atoms with Gasteiger partial charge >= 0.3 is 0 Å². The van der Waals surface area contributed by atoms with Crippen molar-refractivity contribution in [3.8, 4) is 0 Å². The molecule has 1 N–H and O–H groups in total. The van der Waals surface area contributed by atoms with Crippen molar-refractivity contribution < 1.29 is 0 Å². The number of hydrogen-bond donors (Lipinski definition) is 1. The van der Waals surface area contributed by atoms with Crippen LogP contribution in [0.2, 0.25) is 0 Å². The Balaban J connectivity index is 1.66. The number of hydrogen-bond acceptors (Lipinski definition) is 4. The number of aromatic nitrogens is 3. The summed E-state index contributed by atoms with van der Waals surface area (Å²) < 4.78 is 1.84. The third kappa shape index (κ3) is 3.43. The zero-order valence-electron chi connectivity index (χ0n) is 9.34. The van der Waals surface area contributed by atoms with Gasteiger partial charge in [0.2, 0.25) is 0 Å². The molecule has 0 spiro atoms. The fraction of sp³-hybridized carbons (Fsp3) is 0.455. The van der Waals surface area contributed by atoms with Gasteiger partial charge in [0.15, 0.2) is 0 Å². The van der Waals surface area contributed by atoms with Crippen molar-refractivity contribution in [2.24, 2.45) is 0 Å². The predicted molar refractivity (Wildman–Crippen MR) is 65.5 cm³/mol. The summed E-state index contributed by atoms with van der Waals surface area (Å²) in [6.45, 7) is 4.01. The number of nitrogens with one attached hydrogen (secondary N) is 1. The molecule has 0 radical (unpaired) electrons. The minimum absolute atomic E-state index is 0.502. The van der Waals surface area contributed by atoms with E-state index in [1.165, 1.54) is 4.88 Å². The van der Waals surface area contributed by atoms with Crippen LogP contribution in [0.1, 0.15) is 11.8 Å². The van der Waals surface area contributed by atoms with Crippen molar-refractivity contribution in [3.05, 3.63) is 35.0 Å². The highest BCUT2D eigenvalue weighted by Crippen LogP contribution is 2.10. The van der Waals surface area contributed by atoms with Gasteiger partial charge in [-0.25, -0.2) is 4.98 Å². The summed E-state index contributed by atoms with van der Waals surface area (Å²) in [6.07, 6.45) is 4.40. The van der Waals surface area contributed by atoms with E-state index >= 15 is 0 Å². The molecule has 0 aliphatic carbocycles. The van der Waals surface area contributed by atoms with Gasteiger partial charge in [-0.05, 0) is 24.8 Å². The average Bonchev–Trinajstić information content (AvgIpc) is 2.90. The first-order valence-corrected chi connectivity index (χ1v) is 6.31. The molecule has 5 heteroatoms. The maximum Gasteiger partial charge on any atom is 0.137 e. The first kappa shape index (κ1) is 11.3. The molecular formula is C11H16N4S. The molecular weight excluding hydrogens is 220 g/mol. The molecule has 0 bridgehead atoms. The Morgan fingerprint density at radius 1 is 1.56 bits per heavy atom. The molecule has 0 amide bonds. The van der Waals surface area contributed by atoms with Gasteiger partial charge in [-0.3, -0.25) is 4.68 Å². The van der Waals surface area contributed by atoms with Crippen LogP contribution < -0.4 is 5.32 Å². The molecule has 0 fully saturated rings. The lowest BCUT2D eigenvalue weighted by atomic mass is 10.2. The molecule has 1 atom stereocenters. The SMILES string of the molecule is CC(Cc1cccs1)NCCn1cncn1. The first-order chi connectivity index (χ1) is 7.84. The van der Waals surface area contributed by atoms with Crippen molar-refractivity contribution in [2.75, 3.05) is 6.54 Å². The van der Waals surface area contributed by atoms with Gasteiger partial charge in [0.05, 0.1) is 6.54 Å². The van der Waals surface area contributed by atoms with Gasteiger partial charge in [-0.15, -0.1) is 11.3 Å². The monoisotopic (exact) mass is 236 g/mol. The summed E-state index contributed by atoms with van der Waals surface area (Å²) in [7, 11) is 0. The minimum Gasteiger partial charge on any atom is -0.312 e. The zero-order valence-corrected chi connectivity index (χ0v) is 10.2. The second kappa shape index (κ2) is 5.77. The summed E-state index contributed by atoms with van der Waals surface area (Å²) in [5, 5.41) is 9.66. The molecule has 16 heavy (non-hydrogen) atoms. The van der Waals surface area contributed by atoms with Gasteiger partial charge in [-0.1, -0.05) is 6.07 Å². The molecule has 2 aromatic rings. The van der Waals surface area contributed by atoms with Gasteiger partial charge in [0, 0.05) is 17.5 Å². The summed E-state index contributed by atoms with van der Waals surface area (Å²) in [4.78, 5) is 5.34. The molecule has 2 heterocycles. The van der Waals surface area contributed by atoms with E-state index in [4.69, 9.17) is 0 Å². The van der Waals surface area contributed by atoms with Crippen LogP contribution in [-0.2, 0) is 13.0 Å². The maximum absolute atomic E-state index is 4.06. The molecule has 2 rings (SSSR count). The van der Waals surface area contributed by atoms with Crippen LogP contribution in [0, 0.1) is 0 Å². The fourth-order valence-electron chi connectivity index (χ4n) is 1.58. The molecule has 1 unspecified atom stereocenters. The minimum atomic E-state index is 0.502. The lowest BCUT2D eigenvalue weighted by Crippen LogP contribution is -2.30. The molecule has 0 aliphatic heterocycles. The Labute approximate surface area is 99.3 Å². The molecule has 2 aromatic heterocycles. The van der Waals surface area contributed by atoms with Gasteiger partial charge in [0.1, 0.15) is 12.7 Å². The second-order valence-electron chi connectivity index (χ2n) is 3.80. The van der Waals surface area contributed by atoms with Crippen molar-refractivity contribution >= 4 is 11.3 Å². The van der Waals surface area contributed by atoms with Crippen LogP contribution >= 0.6 is 11.3 Å². The topological polar surface area (TPSA) is 42.7 Å². The Bertz CT molecular complexity index is 382. The summed E-state index contributed by atoms with van der Waals surface area (Å²) >= 11 is 1.81. The third-order valence-corrected chi connectivity index (χ3v) is 3.29. The quantitative estimate of drug-likeness (QED) is 0.827. The maximum atomic E-state index is 4.06. The van der Waals surface area contributed by atoms with Crippen LogP contribution in [0.25, 0.3) is 0 Å². The van der Waals surface area contributed by atoms with Crippen LogP contribution in [0.5, 0.6) is 0 Å². The van der Waals surface area contributed by atoms with E-state index in [0.717, 1.165) is 19.5 Å². The Hall–Kier alpha value is -1.20. The Morgan fingerprint density at radius 3 is 3.19 bits per heavy atom. The highest BCUT2D eigenvalue weighted by atomic mass is 32.1. The number of thiophene rings is 1. The fourth-order valence-corrected chi connectivity index (χ4v) is 2.41. The van der Waals surface area contributed by atoms with E-state index in [1.54, 1.807) is 12.7 Å². The summed E-state index contributed by atoms with van der Waals surface area (Å²) in [5.41, 5.74) is 0. The van der Waals surface area contributed by atoms with Crippen LogP contribution in [0.3, 0.4) is 0 Å². The van der Waals surface area contributed by atoms with E-state index in [-0.39, 0.29) is 0 Å². The molecule has 0 saturated heterocycles. The van der Waals surface area contributed by atoms with E-state index in [1.807, 2.05) is 16.0 Å². The Morgan fingerprint density at radius 2 is 2.50 bits per heavy atom. The van der Waals surface area contributed by atoms with E-state index < -0.39 is 0 Å². The zero-order chi connectivity index (χ0) is 11.2. The van der Waals surface area contributed by atoms with Crippen LogP contribution in [0.15, 0.2) is 30.2 Å². The smallest absolute Gasteiger partial charge is 0.137 e. The molecule has 86 valence electrons. The molecule has 0 aliphatic rings. The molecule has 0 saturated carbocycles. The van der Waals surface area contributed by atoms with Crippen molar-refractivity contribution in [1.82, 2.24) is 20.1 Å². The number of nitrogens with zero attached hydrogens (tertiary/aromatic N) is 3. The second-order valence-corrected chi connectivity index (χ2v) is 4.83. The Kier molecular flexibility index (Phi) is 4.07. The standard InChI is InChI=1S/C11H16N4S/c1-10(7-11-3-2-6-16-11)13-4-5-15-9-12-8-14-15/h2-3,6,8-10,13H,4-5,7H2,1H3. The van der Waals surface area contributed by atoms with Crippen LogP contribution in [-0.4, -0.2) is 27.4 Å². The summed E-state index contributed by atoms with van der Waals surface area (Å²) in [6, 6.07) is 4.78.